The fraction of sp³-hybridized carbons (Fsp3) is 0.333. The molecule has 1 saturated heterocycles. The van der Waals surface area contributed by atoms with Crippen LogP contribution in [0.4, 0.5) is 0 Å². The molecule has 0 radical (unpaired) electrons. The predicted octanol–water partition coefficient (Wildman–Crippen LogP) is 1.20. The summed E-state index contributed by atoms with van der Waals surface area (Å²) >= 11 is 0. The molecule has 60 valence electrons. The van der Waals surface area contributed by atoms with E-state index in [1.54, 1.807) is 12.4 Å². The highest BCUT2D eigenvalue weighted by molar-refractivity contribution is 5.33. The van der Waals surface area contributed by atoms with Crippen molar-refractivity contribution in [1.29, 1.82) is 5.26 Å². The third-order valence-corrected chi connectivity index (χ3v) is 2.06. The third kappa shape index (κ3) is 1.06. The van der Waals surface area contributed by atoms with Crippen LogP contribution in [0.2, 0.25) is 0 Å². The van der Waals surface area contributed by atoms with Crippen LogP contribution in [-0.4, -0.2) is 11.6 Å². The minimum atomic E-state index is -0.181. The molecular weight excluding hydrogens is 152 g/mol. The van der Waals surface area contributed by atoms with Gasteiger partial charge in [-0.25, -0.2) is 0 Å². The van der Waals surface area contributed by atoms with Crippen molar-refractivity contribution in [3.63, 3.8) is 0 Å². The summed E-state index contributed by atoms with van der Waals surface area (Å²) in [5.74, 6) is 0. The van der Waals surface area contributed by atoms with Gasteiger partial charge in [-0.3, -0.25) is 4.98 Å². The van der Waals surface area contributed by atoms with Crippen LogP contribution in [0.1, 0.15) is 18.1 Å². The summed E-state index contributed by atoms with van der Waals surface area (Å²) < 4.78 is 5.23. The van der Waals surface area contributed by atoms with E-state index in [4.69, 9.17) is 10.00 Å². The van der Waals surface area contributed by atoms with Gasteiger partial charge in [0.25, 0.3) is 0 Å². The van der Waals surface area contributed by atoms with E-state index >= 15 is 0 Å². The molecular formula is C9H8N2O. The molecule has 1 atom stereocenters. The first-order valence-electron chi connectivity index (χ1n) is 3.74. The van der Waals surface area contributed by atoms with Gasteiger partial charge in [-0.2, -0.15) is 5.26 Å². The monoisotopic (exact) mass is 160 g/mol. The lowest BCUT2D eigenvalue weighted by Gasteiger charge is -2.03. The molecule has 1 aliphatic rings. The van der Waals surface area contributed by atoms with Crippen LogP contribution >= 0.6 is 0 Å². The van der Waals surface area contributed by atoms with Gasteiger partial charge in [-0.05, 0) is 13.0 Å². The maximum Gasteiger partial charge on any atom is 0.115 e. The summed E-state index contributed by atoms with van der Waals surface area (Å²) in [6.45, 7) is 2.72. The van der Waals surface area contributed by atoms with Gasteiger partial charge >= 0.3 is 0 Å². The van der Waals surface area contributed by atoms with Crippen molar-refractivity contribution in [2.75, 3.05) is 6.61 Å². The van der Waals surface area contributed by atoms with E-state index in [1.807, 2.05) is 19.1 Å². The number of pyridine rings is 1. The average molecular weight is 160 g/mol. The lowest BCUT2D eigenvalue weighted by Crippen LogP contribution is -2.02. The molecule has 0 amide bonds. The van der Waals surface area contributed by atoms with Gasteiger partial charge in [0, 0.05) is 18.0 Å². The van der Waals surface area contributed by atoms with Crippen LogP contribution in [-0.2, 0) is 10.3 Å². The van der Waals surface area contributed by atoms with Crippen LogP contribution in [0.25, 0.3) is 0 Å². The van der Waals surface area contributed by atoms with Crippen LogP contribution in [0, 0.1) is 11.3 Å². The summed E-state index contributed by atoms with van der Waals surface area (Å²) in [5.41, 5.74) is 1.39. The predicted molar refractivity (Wildman–Crippen MR) is 42.3 cm³/mol. The standard InChI is InChI=1S/C9H8N2O/c1-9(6-12-9)8-2-7(3-10)4-11-5-8/h2,4-5H,6H2,1H3. The van der Waals surface area contributed by atoms with Crippen molar-refractivity contribution in [3.05, 3.63) is 29.6 Å². The Labute approximate surface area is 70.6 Å². The first-order valence-corrected chi connectivity index (χ1v) is 3.74. The molecule has 0 spiro atoms. The normalized spacial score (nSPS) is 26.3. The second kappa shape index (κ2) is 2.29. The van der Waals surface area contributed by atoms with Gasteiger partial charge in [0.2, 0.25) is 0 Å². The second-order valence-corrected chi connectivity index (χ2v) is 3.09. The number of nitriles is 1. The van der Waals surface area contributed by atoms with E-state index in [9.17, 15) is 0 Å². The van der Waals surface area contributed by atoms with Crippen molar-refractivity contribution < 1.29 is 4.74 Å². The maximum atomic E-state index is 8.62. The number of hydrogen-bond acceptors (Lipinski definition) is 3. The molecule has 0 saturated carbocycles. The Hall–Kier alpha value is -1.40. The highest BCUT2D eigenvalue weighted by atomic mass is 16.6. The molecule has 0 N–H and O–H groups in total. The Morgan fingerprint density at radius 3 is 3.00 bits per heavy atom. The van der Waals surface area contributed by atoms with Gasteiger partial charge in [0.1, 0.15) is 11.7 Å². The van der Waals surface area contributed by atoms with Gasteiger partial charge in [-0.15, -0.1) is 0 Å². The van der Waals surface area contributed by atoms with Gasteiger partial charge < -0.3 is 4.74 Å². The smallest absolute Gasteiger partial charge is 0.115 e. The summed E-state index contributed by atoms with van der Waals surface area (Å²) in [6, 6.07) is 3.87. The van der Waals surface area contributed by atoms with Crippen molar-refractivity contribution in [1.82, 2.24) is 4.98 Å². The molecule has 3 nitrogen and oxygen atoms in total. The second-order valence-electron chi connectivity index (χ2n) is 3.09. The van der Waals surface area contributed by atoms with Crippen LogP contribution in [0.3, 0.4) is 0 Å². The Bertz CT molecular complexity index is 350. The molecule has 0 aromatic carbocycles. The number of epoxide rings is 1. The van der Waals surface area contributed by atoms with E-state index in [-0.39, 0.29) is 5.60 Å². The molecule has 0 aliphatic carbocycles. The van der Waals surface area contributed by atoms with Crippen molar-refractivity contribution in [2.45, 2.75) is 12.5 Å². The van der Waals surface area contributed by atoms with E-state index in [0.29, 0.717) is 5.56 Å². The summed E-state index contributed by atoms with van der Waals surface area (Å²) in [6.07, 6.45) is 3.29. The number of nitrogens with zero attached hydrogens (tertiary/aromatic N) is 2. The fourth-order valence-electron chi connectivity index (χ4n) is 1.07. The fourth-order valence-corrected chi connectivity index (χ4v) is 1.07. The lowest BCUT2D eigenvalue weighted by molar-refractivity contribution is 0.329. The summed E-state index contributed by atoms with van der Waals surface area (Å²) in [4.78, 5) is 3.96. The largest absolute Gasteiger partial charge is 0.365 e. The van der Waals surface area contributed by atoms with E-state index in [0.717, 1.165) is 12.2 Å². The minimum Gasteiger partial charge on any atom is -0.365 e. The van der Waals surface area contributed by atoms with E-state index in [1.165, 1.54) is 0 Å². The highest BCUT2D eigenvalue weighted by Gasteiger charge is 2.41. The number of rotatable bonds is 1. The molecule has 1 aliphatic heterocycles. The van der Waals surface area contributed by atoms with Crippen molar-refractivity contribution in [2.24, 2.45) is 0 Å². The van der Waals surface area contributed by atoms with Crippen molar-refractivity contribution >= 4 is 0 Å². The van der Waals surface area contributed by atoms with Gasteiger partial charge in [0.15, 0.2) is 0 Å². The average Bonchev–Trinajstić information content (AvgIpc) is 2.85. The van der Waals surface area contributed by atoms with Crippen LogP contribution in [0.15, 0.2) is 18.5 Å². The zero-order chi connectivity index (χ0) is 8.60. The van der Waals surface area contributed by atoms with E-state index < -0.39 is 0 Å². The molecule has 1 aromatic heterocycles. The zero-order valence-corrected chi connectivity index (χ0v) is 6.74. The first kappa shape index (κ1) is 7.26. The highest BCUT2D eigenvalue weighted by Crippen LogP contribution is 2.37. The molecule has 0 bridgehead atoms. The van der Waals surface area contributed by atoms with E-state index in [2.05, 4.69) is 4.98 Å². The Morgan fingerprint density at radius 2 is 2.42 bits per heavy atom. The SMILES string of the molecule is CC1(c2cncc(C#N)c2)CO1. The maximum absolute atomic E-state index is 8.62. The number of aromatic nitrogens is 1. The Kier molecular flexibility index (Phi) is 1.39. The number of ether oxygens (including phenoxy) is 1. The molecule has 2 heterocycles. The molecule has 1 aromatic rings. The first-order chi connectivity index (χ1) is 5.74. The number of hydrogen-bond donors (Lipinski definition) is 0. The molecule has 3 heteroatoms. The Morgan fingerprint density at radius 1 is 1.67 bits per heavy atom. The summed E-state index contributed by atoms with van der Waals surface area (Å²) in [5, 5.41) is 8.62. The molecule has 1 unspecified atom stereocenters. The van der Waals surface area contributed by atoms with Crippen LogP contribution in [0.5, 0.6) is 0 Å². The molecule has 1 fully saturated rings. The molecule has 2 rings (SSSR count). The van der Waals surface area contributed by atoms with Gasteiger partial charge in [-0.1, -0.05) is 0 Å². The zero-order valence-electron chi connectivity index (χ0n) is 6.74. The minimum absolute atomic E-state index is 0.181. The lowest BCUT2D eigenvalue weighted by atomic mass is 10.0. The molecule has 12 heavy (non-hydrogen) atoms. The van der Waals surface area contributed by atoms with Crippen molar-refractivity contribution in [3.8, 4) is 6.07 Å². The Balaban J connectivity index is 2.40. The van der Waals surface area contributed by atoms with Crippen LogP contribution < -0.4 is 0 Å². The topological polar surface area (TPSA) is 49.2 Å². The van der Waals surface area contributed by atoms with Gasteiger partial charge in [0.05, 0.1) is 12.2 Å². The third-order valence-electron chi connectivity index (χ3n) is 2.06. The summed E-state index contributed by atoms with van der Waals surface area (Å²) in [7, 11) is 0. The quantitative estimate of drug-likeness (QED) is 0.580.